The summed E-state index contributed by atoms with van der Waals surface area (Å²) in [6, 6.07) is 0. The monoisotopic (exact) mass is 227 g/mol. The maximum absolute atomic E-state index is 10.8. The summed E-state index contributed by atoms with van der Waals surface area (Å²) in [6.45, 7) is 0.373. The van der Waals surface area contributed by atoms with Crippen LogP contribution in [0.3, 0.4) is 0 Å². The van der Waals surface area contributed by atoms with Crippen LogP contribution in [0.5, 0.6) is 0 Å². The maximum atomic E-state index is 10.8. The molecule has 0 amide bonds. The molecule has 16 heavy (non-hydrogen) atoms. The van der Waals surface area contributed by atoms with Gasteiger partial charge in [-0.05, 0) is 12.8 Å². The van der Waals surface area contributed by atoms with Crippen LogP contribution >= 0.6 is 0 Å². The molecule has 0 aromatic carbocycles. The van der Waals surface area contributed by atoms with Crippen LogP contribution < -0.4 is 5.48 Å². The van der Waals surface area contributed by atoms with Crippen molar-refractivity contribution in [2.45, 2.75) is 38.5 Å². The van der Waals surface area contributed by atoms with Gasteiger partial charge in [0, 0.05) is 16.8 Å². The van der Waals surface area contributed by atoms with Gasteiger partial charge in [-0.1, -0.05) is 19.3 Å². The summed E-state index contributed by atoms with van der Waals surface area (Å²) in [5, 5.41) is 10.8. The molecule has 0 saturated heterocycles. The van der Waals surface area contributed by atoms with Gasteiger partial charge in [0.05, 0.1) is 0 Å². The van der Waals surface area contributed by atoms with E-state index < -0.39 is 0 Å². The van der Waals surface area contributed by atoms with Crippen LogP contribution in [0.15, 0.2) is 4.99 Å². The number of hydroxylamine groups is 1. The first-order chi connectivity index (χ1) is 7.70. The van der Waals surface area contributed by atoms with E-state index in [0.717, 1.165) is 31.5 Å². The lowest BCUT2D eigenvalue weighted by Gasteiger charge is -2.33. The zero-order chi connectivity index (χ0) is 11.4. The first kappa shape index (κ1) is 11.3. The number of amidine groups is 1. The summed E-state index contributed by atoms with van der Waals surface area (Å²) in [4.78, 5) is 19.6. The molecular weight excluding hydrogens is 210 g/mol. The Bertz CT molecular complexity index is 298. The Balaban J connectivity index is 2.03. The van der Waals surface area contributed by atoms with E-state index in [2.05, 4.69) is 10.5 Å². The van der Waals surface area contributed by atoms with Gasteiger partial charge in [0.25, 0.3) is 0 Å². The van der Waals surface area contributed by atoms with Crippen LogP contribution in [-0.2, 0) is 4.84 Å². The van der Waals surface area contributed by atoms with Crippen LogP contribution in [0.1, 0.15) is 38.5 Å². The summed E-state index contributed by atoms with van der Waals surface area (Å²) in [7, 11) is 0. The Hall–Kier alpha value is -1.17. The minimum atomic E-state index is -0.207. The van der Waals surface area contributed by atoms with E-state index in [1.807, 2.05) is 0 Å². The molecule has 0 aromatic rings. The lowest BCUT2D eigenvalue weighted by Crippen LogP contribution is -2.36. The molecule has 6 heteroatoms. The van der Waals surface area contributed by atoms with Gasteiger partial charge < -0.3 is 0 Å². The number of nitrogens with zero attached hydrogens (tertiary/aromatic N) is 2. The Morgan fingerprint density at radius 2 is 2.19 bits per heavy atom. The van der Waals surface area contributed by atoms with Crippen molar-refractivity contribution >= 4 is 5.84 Å². The van der Waals surface area contributed by atoms with Gasteiger partial charge in [-0.25, -0.2) is 4.99 Å². The molecule has 1 aliphatic heterocycles. The van der Waals surface area contributed by atoms with Crippen LogP contribution in [-0.4, -0.2) is 24.0 Å². The largest absolute Gasteiger partial charge is 0.265 e. The van der Waals surface area contributed by atoms with E-state index in [9.17, 15) is 10.1 Å². The van der Waals surface area contributed by atoms with Gasteiger partial charge in [-0.3, -0.25) is 20.4 Å². The highest BCUT2D eigenvalue weighted by molar-refractivity contribution is 5.82. The van der Waals surface area contributed by atoms with Crippen LogP contribution in [0, 0.1) is 15.5 Å². The van der Waals surface area contributed by atoms with Gasteiger partial charge in [-0.15, -0.1) is 0 Å². The number of nitro groups is 1. The number of aliphatic imine (C=N–C) groups is 1. The zero-order valence-electron chi connectivity index (χ0n) is 9.28. The summed E-state index contributed by atoms with van der Waals surface area (Å²) in [6.07, 6.45) is 5.86. The Morgan fingerprint density at radius 1 is 1.44 bits per heavy atom. The van der Waals surface area contributed by atoms with E-state index in [1.54, 1.807) is 0 Å². The van der Waals surface area contributed by atoms with Gasteiger partial charge in [0.15, 0.2) is 6.73 Å². The van der Waals surface area contributed by atoms with Gasteiger partial charge in [0.1, 0.15) is 5.84 Å². The minimum Gasteiger partial charge on any atom is -0.265 e. The van der Waals surface area contributed by atoms with E-state index in [1.165, 1.54) is 6.42 Å². The molecule has 0 spiro atoms. The molecule has 0 atom stereocenters. The minimum absolute atomic E-state index is 0.0493. The van der Waals surface area contributed by atoms with Crippen molar-refractivity contribution in [1.29, 1.82) is 0 Å². The third-order valence-electron chi connectivity index (χ3n) is 3.43. The first-order valence-corrected chi connectivity index (χ1v) is 5.73. The van der Waals surface area contributed by atoms with Crippen LogP contribution in [0.25, 0.3) is 0 Å². The molecular formula is C10H17N3O3. The quantitative estimate of drug-likeness (QED) is 0.583. The van der Waals surface area contributed by atoms with Gasteiger partial charge >= 0.3 is 0 Å². The normalized spacial score (nSPS) is 23.6. The molecule has 0 unspecified atom stereocenters. The standard InChI is InChI=1S/C10H17N3O3/c14-13(15)7-10(4-2-1-3-5-10)6-9-11-8-16-12-9/h1-8H2,(H,11,12). The Morgan fingerprint density at radius 3 is 2.75 bits per heavy atom. The van der Waals surface area contributed by atoms with Crippen molar-refractivity contribution in [3.05, 3.63) is 10.1 Å². The third-order valence-corrected chi connectivity index (χ3v) is 3.43. The average molecular weight is 227 g/mol. The second-order valence-corrected chi connectivity index (χ2v) is 4.71. The summed E-state index contributed by atoms with van der Waals surface area (Å²) >= 11 is 0. The zero-order valence-corrected chi connectivity index (χ0v) is 9.28. The SMILES string of the molecule is O=[N+]([O-])CC1(CC2=NCON2)CCCCC1. The summed E-state index contributed by atoms with van der Waals surface area (Å²) < 4.78 is 0. The predicted octanol–water partition coefficient (Wildman–Crippen LogP) is 1.49. The predicted molar refractivity (Wildman–Crippen MR) is 58.5 cm³/mol. The molecule has 0 bridgehead atoms. The average Bonchev–Trinajstić information content (AvgIpc) is 2.70. The second kappa shape index (κ2) is 4.78. The van der Waals surface area contributed by atoms with Crippen molar-refractivity contribution in [3.8, 4) is 0 Å². The fourth-order valence-corrected chi connectivity index (χ4v) is 2.67. The first-order valence-electron chi connectivity index (χ1n) is 5.73. The Kier molecular flexibility index (Phi) is 3.38. The topological polar surface area (TPSA) is 76.8 Å². The highest BCUT2D eigenvalue weighted by atomic mass is 16.7. The van der Waals surface area contributed by atoms with Crippen molar-refractivity contribution in [3.63, 3.8) is 0 Å². The number of hydrogen-bond acceptors (Lipinski definition) is 5. The summed E-state index contributed by atoms with van der Waals surface area (Å²) in [5.74, 6) is 0.767. The molecule has 1 fully saturated rings. The van der Waals surface area contributed by atoms with Crippen LogP contribution in [0.4, 0.5) is 0 Å². The van der Waals surface area contributed by atoms with Crippen molar-refractivity contribution < 1.29 is 9.76 Å². The fourth-order valence-electron chi connectivity index (χ4n) is 2.67. The smallest absolute Gasteiger partial charge is 0.209 e. The molecule has 90 valence electrons. The van der Waals surface area contributed by atoms with E-state index in [4.69, 9.17) is 4.84 Å². The molecule has 2 aliphatic rings. The molecule has 0 radical (unpaired) electrons. The molecule has 1 N–H and O–H groups in total. The van der Waals surface area contributed by atoms with E-state index in [-0.39, 0.29) is 16.9 Å². The molecule has 2 rings (SSSR count). The highest BCUT2D eigenvalue weighted by Gasteiger charge is 2.38. The van der Waals surface area contributed by atoms with Crippen molar-refractivity contribution in [2.75, 3.05) is 13.3 Å². The van der Waals surface area contributed by atoms with Gasteiger partial charge in [0.2, 0.25) is 6.54 Å². The molecule has 1 heterocycles. The van der Waals surface area contributed by atoms with Crippen molar-refractivity contribution in [1.82, 2.24) is 5.48 Å². The Labute approximate surface area is 94.2 Å². The third kappa shape index (κ3) is 2.69. The number of hydrogen-bond donors (Lipinski definition) is 1. The van der Waals surface area contributed by atoms with E-state index >= 15 is 0 Å². The summed E-state index contributed by atoms with van der Waals surface area (Å²) in [5.41, 5.74) is 2.52. The molecule has 1 aliphatic carbocycles. The number of rotatable bonds is 4. The van der Waals surface area contributed by atoms with E-state index in [0.29, 0.717) is 13.2 Å². The molecule has 0 aromatic heterocycles. The van der Waals surface area contributed by atoms with Crippen molar-refractivity contribution in [2.24, 2.45) is 10.4 Å². The molecule has 1 saturated carbocycles. The maximum Gasteiger partial charge on any atom is 0.209 e. The van der Waals surface area contributed by atoms with Gasteiger partial charge in [-0.2, -0.15) is 0 Å². The lowest BCUT2D eigenvalue weighted by molar-refractivity contribution is -0.498. The highest BCUT2D eigenvalue weighted by Crippen LogP contribution is 2.39. The molecule has 6 nitrogen and oxygen atoms in total. The fraction of sp³-hybridized carbons (Fsp3) is 0.900. The number of nitrogens with one attached hydrogen (secondary N) is 1. The second-order valence-electron chi connectivity index (χ2n) is 4.71. The van der Waals surface area contributed by atoms with Crippen LogP contribution in [0.2, 0.25) is 0 Å². The lowest BCUT2D eigenvalue weighted by atomic mass is 9.71.